The fourth-order valence-corrected chi connectivity index (χ4v) is 1.14. The quantitative estimate of drug-likeness (QED) is 0.719. The van der Waals surface area contributed by atoms with Crippen LogP contribution in [0.5, 0.6) is 11.5 Å². The van der Waals surface area contributed by atoms with Crippen molar-refractivity contribution in [3.8, 4) is 11.5 Å². The lowest BCUT2D eigenvalue weighted by Crippen LogP contribution is -1.94. The zero-order valence-corrected chi connectivity index (χ0v) is 8.58. The molecular weight excluding hydrogens is 180 g/mol. The van der Waals surface area contributed by atoms with E-state index in [0.29, 0.717) is 13.2 Å². The Labute approximate surface area is 84.6 Å². The standard InChI is InChI=1S/C11H15O3/c1-4-14-8-9-5-10(12-2)7-11(6-9)13-3/h5-7H,1,4,8H2,2-3H3. The van der Waals surface area contributed by atoms with Crippen LogP contribution in [0, 0.1) is 6.92 Å². The number of ether oxygens (including phenoxy) is 3. The molecule has 1 aromatic carbocycles. The Morgan fingerprint density at radius 1 is 1.07 bits per heavy atom. The summed E-state index contributed by atoms with van der Waals surface area (Å²) in [4.78, 5) is 0. The molecule has 0 aliphatic carbocycles. The van der Waals surface area contributed by atoms with Gasteiger partial charge in [0.15, 0.2) is 0 Å². The summed E-state index contributed by atoms with van der Waals surface area (Å²) in [6.45, 7) is 4.58. The zero-order chi connectivity index (χ0) is 10.4. The molecule has 0 bridgehead atoms. The van der Waals surface area contributed by atoms with Gasteiger partial charge in [-0.2, -0.15) is 0 Å². The lowest BCUT2D eigenvalue weighted by Gasteiger charge is -2.08. The third-order valence-corrected chi connectivity index (χ3v) is 1.82. The van der Waals surface area contributed by atoms with E-state index in [9.17, 15) is 0 Å². The van der Waals surface area contributed by atoms with Gasteiger partial charge in [0, 0.05) is 12.7 Å². The average molecular weight is 195 g/mol. The van der Waals surface area contributed by atoms with Crippen molar-refractivity contribution in [3.05, 3.63) is 30.7 Å². The van der Waals surface area contributed by atoms with Crippen LogP contribution in [0.1, 0.15) is 5.56 Å². The van der Waals surface area contributed by atoms with E-state index in [1.807, 2.05) is 18.2 Å². The molecule has 1 rings (SSSR count). The van der Waals surface area contributed by atoms with Crippen molar-refractivity contribution in [1.29, 1.82) is 0 Å². The van der Waals surface area contributed by atoms with Crippen molar-refractivity contribution >= 4 is 0 Å². The molecule has 0 saturated heterocycles. The summed E-state index contributed by atoms with van der Waals surface area (Å²) < 4.78 is 15.4. The van der Waals surface area contributed by atoms with E-state index < -0.39 is 0 Å². The van der Waals surface area contributed by atoms with Crippen LogP contribution in [0.25, 0.3) is 0 Å². The fraction of sp³-hybridized carbons (Fsp3) is 0.364. The summed E-state index contributed by atoms with van der Waals surface area (Å²) in [5.74, 6) is 1.54. The predicted molar refractivity (Wildman–Crippen MR) is 54.6 cm³/mol. The topological polar surface area (TPSA) is 27.7 Å². The molecule has 0 aromatic heterocycles. The van der Waals surface area contributed by atoms with Crippen LogP contribution in [0.4, 0.5) is 0 Å². The molecule has 0 heterocycles. The molecule has 3 nitrogen and oxygen atoms in total. The van der Waals surface area contributed by atoms with Crippen LogP contribution in [0.3, 0.4) is 0 Å². The van der Waals surface area contributed by atoms with Gasteiger partial charge < -0.3 is 14.2 Å². The van der Waals surface area contributed by atoms with Crippen molar-refractivity contribution in [2.24, 2.45) is 0 Å². The second-order valence-electron chi connectivity index (χ2n) is 2.77. The molecule has 1 radical (unpaired) electrons. The minimum atomic E-state index is 0.458. The monoisotopic (exact) mass is 195 g/mol. The minimum Gasteiger partial charge on any atom is -0.497 e. The largest absolute Gasteiger partial charge is 0.497 e. The highest BCUT2D eigenvalue weighted by Crippen LogP contribution is 2.22. The number of hydrogen-bond acceptors (Lipinski definition) is 3. The Morgan fingerprint density at radius 3 is 2.07 bits per heavy atom. The third-order valence-electron chi connectivity index (χ3n) is 1.82. The Kier molecular flexibility index (Phi) is 4.26. The molecule has 1 aromatic rings. The van der Waals surface area contributed by atoms with Crippen LogP contribution in [0.15, 0.2) is 18.2 Å². The second kappa shape index (κ2) is 5.50. The van der Waals surface area contributed by atoms with E-state index in [2.05, 4.69) is 6.92 Å². The SMILES string of the molecule is [CH2]COCc1cc(OC)cc(OC)c1. The van der Waals surface area contributed by atoms with Crippen molar-refractivity contribution < 1.29 is 14.2 Å². The van der Waals surface area contributed by atoms with Gasteiger partial charge in [0.1, 0.15) is 11.5 Å². The zero-order valence-electron chi connectivity index (χ0n) is 8.58. The van der Waals surface area contributed by atoms with Crippen molar-refractivity contribution in [2.45, 2.75) is 6.61 Å². The van der Waals surface area contributed by atoms with Crippen LogP contribution >= 0.6 is 0 Å². The van der Waals surface area contributed by atoms with E-state index in [1.54, 1.807) is 14.2 Å². The van der Waals surface area contributed by atoms with Gasteiger partial charge >= 0.3 is 0 Å². The van der Waals surface area contributed by atoms with Crippen molar-refractivity contribution in [3.63, 3.8) is 0 Å². The minimum absolute atomic E-state index is 0.458. The summed E-state index contributed by atoms with van der Waals surface area (Å²) in [5.41, 5.74) is 1.02. The normalized spacial score (nSPS) is 9.93. The summed E-state index contributed by atoms with van der Waals surface area (Å²) in [6, 6.07) is 5.66. The average Bonchev–Trinajstić information content (AvgIpc) is 2.25. The van der Waals surface area contributed by atoms with Gasteiger partial charge in [-0.05, 0) is 24.6 Å². The lowest BCUT2D eigenvalue weighted by atomic mass is 10.2. The summed E-state index contributed by atoms with van der Waals surface area (Å²) in [7, 11) is 3.25. The maximum atomic E-state index is 5.20. The molecule has 0 amide bonds. The van der Waals surface area contributed by atoms with Gasteiger partial charge in [-0.15, -0.1) is 0 Å². The Hall–Kier alpha value is -1.22. The summed E-state index contributed by atoms with van der Waals surface area (Å²) in [5, 5.41) is 0. The van der Waals surface area contributed by atoms with Gasteiger partial charge in [0.05, 0.1) is 20.8 Å². The van der Waals surface area contributed by atoms with E-state index in [-0.39, 0.29) is 0 Å². The molecule has 77 valence electrons. The molecule has 0 saturated carbocycles. The number of benzene rings is 1. The molecule has 0 aliphatic rings. The second-order valence-corrected chi connectivity index (χ2v) is 2.77. The molecule has 0 atom stereocenters. The van der Waals surface area contributed by atoms with E-state index >= 15 is 0 Å². The molecular formula is C11H15O3. The van der Waals surface area contributed by atoms with Gasteiger partial charge in [0.2, 0.25) is 0 Å². The van der Waals surface area contributed by atoms with Gasteiger partial charge in [-0.3, -0.25) is 0 Å². The molecule has 0 N–H and O–H groups in total. The molecule has 0 spiro atoms. The highest BCUT2D eigenvalue weighted by atomic mass is 16.5. The maximum absolute atomic E-state index is 5.20. The Balaban J connectivity index is 2.81. The molecule has 3 heteroatoms. The predicted octanol–water partition coefficient (Wildman–Crippen LogP) is 2.05. The van der Waals surface area contributed by atoms with Crippen LogP contribution in [-0.2, 0) is 11.3 Å². The lowest BCUT2D eigenvalue weighted by molar-refractivity contribution is 0.147. The van der Waals surface area contributed by atoms with Crippen molar-refractivity contribution in [2.75, 3.05) is 20.8 Å². The Bertz CT molecular complexity index is 262. The van der Waals surface area contributed by atoms with Crippen LogP contribution in [-0.4, -0.2) is 20.8 Å². The highest BCUT2D eigenvalue weighted by molar-refractivity contribution is 5.38. The number of rotatable bonds is 5. The van der Waals surface area contributed by atoms with E-state index in [1.165, 1.54) is 0 Å². The molecule has 0 fully saturated rings. The molecule has 0 aliphatic heterocycles. The smallest absolute Gasteiger partial charge is 0.122 e. The fourth-order valence-electron chi connectivity index (χ4n) is 1.14. The summed E-state index contributed by atoms with van der Waals surface area (Å²) >= 11 is 0. The molecule has 14 heavy (non-hydrogen) atoms. The highest BCUT2D eigenvalue weighted by Gasteiger charge is 2.01. The van der Waals surface area contributed by atoms with E-state index in [0.717, 1.165) is 17.1 Å². The van der Waals surface area contributed by atoms with Crippen LogP contribution in [0.2, 0.25) is 0 Å². The van der Waals surface area contributed by atoms with Crippen LogP contribution < -0.4 is 9.47 Å². The third kappa shape index (κ3) is 2.92. The summed E-state index contributed by atoms with van der Waals surface area (Å²) in [6.07, 6.45) is 0. The van der Waals surface area contributed by atoms with Gasteiger partial charge in [-0.1, -0.05) is 0 Å². The first-order valence-corrected chi connectivity index (χ1v) is 4.39. The first kappa shape index (κ1) is 10.9. The maximum Gasteiger partial charge on any atom is 0.122 e. The van der Waals surface area contributed by atoms with Crippen molar-refractivity contribution in [1.82, 2.24) is 0 Å². The number of hydrogen-bond donors (Lipinski definition) is 0. The number of methoxy groups -OCH3 is 2. The molecule has 0 unspecified atom stereocenters. The van der Waals surface area contributed by atoms with Gasteiger partial charge in [-0.25, -0.2) is 0 Å². The Morgan fingerprint density at radius 2 is 1.64 bits per heavy atom. The van der Waals surface area contributed by atoms with Gasteiger partial charge in [0.25, 0.3) is 0 Å². The first-order chi connectivity index (χ1) is 6.80. The van der Waals surface area contributed by atoms with E-state index in [4.69, 9.17) is 14.2 Å². The first-order valence-electron chi connectivity index (χ1n) is 4.39.